The first-order valence-corrected chi connectivity index (χ1v) is 8.85. The molecule has 1 atom stereocenters. The number of morpholine rings is 1. The summed E-state index contributed by atoms with van der Waals surface area (Å²) in [6, 6.07) is 24.0. The second kappa shape index (κ2) is 7.58. The number of nitrogens with zero attached hydrogens (tertiary/aromatic N) is 1. The molecule has 1 heterocycles. The number of ether oxygens (including phenoxy) is 2. The van der Waals surface area contributed by atoms with Crippen LogP contribution in [-0.4, -0.2) is 37.1 Å². The Bertz CT molecular complexity index is 894. The lowest BCUT2D eigenvalue weighted by Crippen LogP contribution is -2.44. The van der Waals surface area contributed by atoms with Gasteiger partial charge in [-0.15, -0.1) is 0 Å². The van der Waals surface area contributed by atoms with E-state index in [9.17, 15) is 4.79 Å². The first-order valence-electron chi connectivity index (χ1n) is 8.85. The molecule has 0 radical (unpaired) electrons. The minimum Gasteiger partial charge on any atom is -0.484 e. The molecule has 0 N–H and O–H groups in total. The average molecular weight is 347 g/mol. The van der Waals surface area contributed by atoms with Crippen LogP contribution in [0.25, 0.3) is 10.8 Å². The molecule has 4 nitrogen and oxygen atoms in total. The summed E-state index contributed by atoms with van der Waals surface area (Å²) in [6.45, 7) is 1.74. The van der Waals surface area contributed by atoms with E-state index in [0.29, 0.717) is 25.4 Å². The molecule has 3 aromatic rings. The molecule has 4 rings (SSSR count). The van der Waals surface area contributed by atoms with Crippen molar-refractivity contribution in [2.45, 2.75) is 6.10 Å². The zero-order valence-corrected chi connectivity index (χ0v) is 14.5. The third-order valence-corrected chi connectivity index (χ3v) is 4.67. The molecule has 1 unspecified atom stereocenters. The number of rotatable bonds is 4. The lowest BCUT2D eigenvalue weighted by molar-refractivity contribution is -0.141. The van der Waals surface area contributed by atoms with Crippen molar-refractivity contribution in [3.05, 3.63) is 78.4 Å². The van der Waals surface area contributed by atoms with Crippen LogP contribution in [0.2, 0.25) is 0 Å². The highest BCUT2D eigenvalue weighted by Crippen LogP contribution is 2.23. The van der Waals surface area contributed by atoms with E-state index in [1.165, 1.54) is 0 Å². The van der Waals surface area contributed by atoms with Gasteiger partial charge in [0.2, 0.25) is 0 Å². The van der Waals surface area contributed by atoms with E-state index < -0.39 is 0 Å². The lowest BCUT2D eigenvalue weighted by atomic mass is 10.1. The van der Waals surface area contributed by atoms with Crippen molar-refractivity contribution in [3.63, 3.8) is 0 Å². The molecule has 1 fully saturated rings. The van der Waals surface area contributed by atoms with Gasteiger partial charge in [-0.2, -0.15) is 0 Å². The summed E-state index contributed by atoms with van der Waals surface area (Å²) in [6.07, 6.45) is -0.0745. The van der Waals surface area contributed by atoms with Gasteiger partial charge in [0.15, 0.2) is 6.61 Å². The number of hydrogen-bond donors (Lipinski definition) is 0. The molecule has 1 aliphatic heterocycles. The predicted molar refractivity (Wildman–Crippen MR) is 101 cm³/mol. The second-order valence-electron chi connectivity index (χ2n) is 6.41. The zero-order valence-electron chi connectivity index (χ0n) is 14.5. The molecule has 1 saturated heterocycles. The first-order chi connectivity index (χ1) is 12.8. The summed E-state index contributed by atoms with van der Waals surface area (Å²) in [5.41, 5.74) is 1.10. The van der Waals surface area contributed by atoms with Gasteiger partial charge in [-0.05, 0) is 28.5 Å². The van der Waals surface area contributed by atoms with Gasteiger partial charge in [-0.1, -0.05) is 60.7 Å². The van der Waals surface area contributed by atoms with Crippen molar-refractivity contribution in [2.75, 3.05) is 26.3 Å². The second-order valence-corrected chi connectivity index (χ2v) is 6.41. The van der Waals surface area contributed by atoms with Crippen LogP contribution in [0.3, 0.4) is 0 Å². The molecule has 1 amide bonds. The molecular weight excluding hydrogens is 326 g/mol. The molecule has 4 heteroatoms. The maximum absolute atomic E-state index is 12.6. The normalized spacial score (nSPS) is 17.2. The van der Waals surface area contributed by atoms with Crippen molar-refractivity contribution in [3.8, 4) is 5.75 Å². The molecule has 0 spiro atoms. The van der Waals surface area contributed by atoms with Gasteiger partial charge in [0.1, 0.15) is 11.9 Å². The Hall–Kier alpha value is -2.85. The van der Waals surface area contributed by atoms with Crippen LogP contribution in [0.4, 0.5) is 0 Å². The largest absolute Gasteiger partial charge is 0.484 e. The van der Waals surface area contributed by atoms with Crippen molar-refractivity contribution < 1.29 is 14.3 Å². The molecule has 0 aliphatic carbocycles. The fourth-order valence-electron chi connectivity index (χ4n) is 3.24. The number of hydrogen-bond acceptors (Lipinski definition) is 3. The third-order valence-electron chi connectivity index (χ3n) is 4.67. The average Bonchev–Trinajstić information content (AvgIpc) is 2.72. The topological polar surface area (TPSA) is 38.8 Å². The third kappa shape index (κ3) is 3.70. The van der Waals surface area contributed by atoms with Gasteiger partial charge < -0.3 is 14.4 Å². The monoisotopic (exact) mass is 347 g/mol. The van der Waals surface area contributed by atoms with E-state index in [2.05, 4.69) is 6.07 Å². The fraction of sp³-hybridized carbons (Fsp3) is 0.227. The molecule has 3 aromatic carbocycles. The van der Waals surface area contributed by atoms with Gasteiger partial charge in [-0.3, -0.25) is 4.79 Å². The summed E-state index contributed by atoms with van der Waals surface area (Å²) in [5, 5.41) is 2.26. The van der Waals surface area contributed by atoms with Crippen molar-refractivity contribution >= 4 is 16.7 Å². The van der Waals surface area contributed by atoms with Gasteiger partial charge >= 0.3 is 0 Å². The van der Waals surface area contributed by atoms with Crippen LogP contribution in [0, 0.1) is 0 Å². The number of fused-ring (bicyclic) bond motifs is 1. The summed E-state index contributed by atoms with van der Waals surface area (Å²) in [5.74, 6) is 0.701. The molecule has 0 aromatic heterocycles. The Morgan fingerprint density at radius 1 is 1.00 bits per heavy atom. The van der Waals surface area contributed by atoms with E-state index in [1.807, 2.05) is 71.6 Å². The number of benzene rings is 3. The summed E-state index contributed by atoms with van der Waals surface area (Å²) < 4.78 is 11.6. The van der Waals surface area contributed by atoms with E-state index >= 15 is 0 Å². The van der Waals surface area contributed by atoms with Crippen LogP contribution < -0.4 is 4.74 Å². The Balaban J connectivity index is 1.38. The Labute approximate surface area is 153 Å². The van der Waals surface area contributed by atoms with Crippen LogP contribution in [0.5, 0.6) is 5.75 Å². The maximum Gasteiger partial charge on any atom is 0.260 e. The van der Waals surface area contributed by atoms with Crippen LogP contribution in [-0.2, 0) is 9.53 Å². The molecular formula is C22H21NO3. The zero-order chi connectivity index (χ0) is 17.8. The van der Waals surface area contributed by atoms with Crippen LogP contribution in [0.1, 0.15) is 11.7 Å². The van der Waals surface area contributed by atoms with Gasteiger partial charge in [0.25, 0.3) is 5.91 Å². The van der Waals surface area contributed by atoms with Crippen molar-refractivity contribution in [2.24, 2.45) is 0 Å². The fourth-order valence-corrected chi connectivity index (χ4v) is 3.24. The Morgan fingerprint density at radius 2 is 1.77 bits per heavy atom. The van der Waals surface area contributed by atoms with E-state index in [1.54, 1.807) is 0 Å². The highest BCUT2D eigenvalue weighted by molar-refractivity contribution is 5.84. The minimum atomic E-state index is -0.0745. The van der Waals surface area contributed by atoms with Crippen molar-refractivity contribution in [1.29, 1.82) is 0 Å². The van der Waals surface area contributed by atoms with Crippen molar-refractivity contribution in [1.82, 2.24) is 4.90 Å². The first kappa shape index (κ1) is 16.6. The van der Waals surface area contributed by atoms with E-state index in [4.69, 9.17) is 9.47 Å². The van der Waals surface area contributed by atoms with Gasteiger partial charge in [0, 0.05) is 6.54 Å². The number of amides is 1. The number of carbonyl (C=O) groups excluding carboxylic acids is 1. The molecule has 1 aliphatic rings. The summed E-state index contributed by atoms with van der Waals surface area (Å²) in [4.78, 5) is 14.4. The smallest absolute Gasteiger partial charge is 0.260 e. The summed E-state index contributed by atoms with van der Waals surface area (Å²) >= 11 is 0. The quantitative estimate of drug-likeness (QED) is 0.720. The SMILES string of the molecule is O=C(COc1ccc2ccccc2c1)N1CCOC(c2ccccc2)C1. The van der Waals surface area contributed by atoms with Crippen LogP contribution >= 0.6 is 0 Å². The molecule has 0 bridgehead atoms. The highest BCUT2D eigenvalue weighted by Gasteiger charge is 2.25. The lowest BCUT2D eigenvalue weighted by Gasteiger charge is -2.33. The number of carbonyl (C=O) groups is 1. The molecule has 26 heavy (non-hydrogen) atoms. The maximum atomic E-state index is 12.6. The van der Waals surface area contributed by atoms with E-state index in [0.717, 1.165) is 16.3 Å². The minimum absolute atomic E-state index is 0.0117. The van der Waals surface area contributed by atoms with Gasteiger partial charge in [-0.25, -0.2) is 0 Å². The Kier molecular flexibility index (Phi) is 4.84. The Morgan fingerprint density at radius 3 is 2.62 bits per heavy atom. The van der Waals surface area contributed by atoms with Crippen LogP contribution in [0.15, 0.2) is 72.8 Å². The predicted octanol–water partition coefficient (Wildman–Crippen LogP) is 3.82. The summed E-state index contributed by atoms with van der Waals surface area (Å²) in [7, 11) is 0. The van der Waals surface area contributed by atoms with Gasteiger partial charge in [0.05, 0.1) is 13.2 Å². The molecule has 0 saturated carbocycles. The van der Waals surface area contributed by atoms with E-state index in [-0.39, 0.29) is 18.6 Å². The standard InChI is InChI=1S/C22H21NO3/c24-22(16-26-20-11-10-17-6-4-5-9-19(17)14-20)23-12-13-25-21(15-23)18-7-2-1-3-8-18/h1-11,14,21H,12-13,15-16H2. The highest BCUT2D eigenvalue weighted by atomic mass is 16.5. The molecule has 132 valence electrons.